The number of halogens is 1. The number of allylic oxidation sites excluding steroid dienone is 1. The summed E-state index contributed by atoms with van der Waals surface area (Å²) in [5.41, 5.74) is 0.944. The number of nitrogens with zero attached hydrogens (tertiary/aromatic N) is 3. The summed E-state index contributed by atoms with van der Waals surface area (Å²) in [6.45, 7) is 3.88. The Labute approximate surface area is 105 Å². The van der Waals surface area contributed by atoms with Crippen LogP contribution in [0, 0.1) is 5.92 Å². The number of hydrogen-bond donors (Lipinski definition) is 0. The summed E-state index contributed by atoms with van der Waals surface area (Å²) in [7, 11) is 0. The van der Waals surface area contributed by atoms with Gasteiger partial charge in [0.15, 0.2) is 0 Å². The van der Waals surface area contributed by atoms with E-state index in [0.717, 1.165) is 17.5 Å². The van der Waals surface area contributed by atoms with Gasteiger partial charge in [0, 0.05) is 12.2 Å². The van der Waals surface area contributed by atoms with Gasteiger partial charge in [-0.05, 0) is 31.2 Å². The predicted octanol–water partition coefficient (Wildman–Crippen LogP) is 3.61. The second-order valence-electron chi connectivity index (χ2n) is 4.59. The Bertz CT molecular complexity index is 561. The molecule has 0 aromatic carbocycles. The van der Waals surface area contributed by atoms with Gasteiger partial charge in [-0.25, -0.2) is 9.97 Å². The van der Waals surface area contributed by atoms with Crippen LogP contribution in [0.2, 0.25) is 5.15 Å². The number of rotatable bonds is 2. The molecule has 1 saturated carbocycles. The fourth-order valence-corrected chi connectivity index (χ4v) is 2.88. The predicted molar refractivity (Wildman–Crippen MR) is 69.1 cm³/mol. The van der Waals surface area contributed by atoms with E-state index in [9.17, 15) is 0 Å². The Kier molecular flexibility index (Phi) is 2.63. The molecule has 0 N–H and O–H groups in total. The first kappa shape index (κ1) is 10.8. The lowest BCUT2D eigenvalue weighted by atomic mass is 10.1. The number of fused-ring (bicyclic) bond motifs is 1. The minimum absolute atomic E-state index is 0.515. The number of hydrogen-bond acceptors (Lipinski definition) is 2. The Hall–Kier alpha value is -1.35. The van der Waals surface area contributed by atoms with Crippen molar-refractivity contribution in [3.8, 4) is 0 Å². The third-order valence-corrected chi connectivity index (χ3v) is 3.93. The maximum atomic E-state index is 6.05. The highest BCUT2D eigenvalue weighted by Crippen LogP contribution is 2.37. The van der Waals surface area contributed by atoms with E-state index >= 15 is 0 Å². The molecule has 1 fully saturated rings. The summed E-state index contributed by atoms with van der Waals surface area (Å²) in [4.78, 5) is 8.34. The quantitative estimate of drug-likeness (QED) is 0.600. The van der Waals surface area contributed by atoms with Crippen molar-refractivity contribution >= 4 is 22.6 Å². The first-order valence-corrected chi connectivity index (χ1v) is 6.27. The molecular weight excluding hydrogens is 234 g/mol. The highest BCUT2D eigenvalue weighted by Gasteiger charge is 2.25. The summed E-state index contributed by atoms with van der Waals surface area (Å²) in [5.74, 6) is 0.634. The van der Waals surface area contributed by atoms with Gasteiger partial charge in [0.1, 0.15) is 17.1 Å². The van der Waals surface area contributed by atoms with E-state index in [1.54, 1.807) is 0 Å². The Balaban J connectivity index is 2.01. The van der Waals surface area contributed by atoms with E-state index in [1.807, 2.05) is 6.07 Å². The maximum absolute atomic E-state index is 6.05. The molecule has 1 aliphatic rings. The molecule has 0 spiro atoms. The molecule has 0 amide bonds. The topological polar surface area (TPSA) is 30.7 Å². The van der Waals surface area contributed by atoms with Crippen LogP contribution in [0.15, 0.2) is 31.2 Å². The van der Waals surface area contributed by atoms with E-state index in [1.165, 1.54) is 19.2 Å². The van der Waals surface area contributed by atoms with Crippen LogP contribution in [0.5, 0.6) is 0 Å². The first-order chi connectivity index (χ1) is 8.29. The highest BCUT2D eigenvalue weighted by atomic mass is 35.5. The van der Waals surface area contributed by atoms with Gasteiger partial charge < -0.3 is 4.57 Å². The van der Waals surface area contributed by atoms with E-state index in [-0.39, 0.29) is 0 Å². The van der Waals surface area contributed by atoms with Gasteiger partial charge >= 0.3 is 0 Å². The molecular formula is C13H14ClN3. The monoisotopic (exact) mass is 247 g/mol. The minimum Gasteiger partial charge on any atom is -0.329 e. The van der Waals surface area contributed by atoms with Crippen LogP contribution in [0.3, 0.4) is 0 Å². The summed E-state index contributed by atoms with van der Waals surface area (Å²) in [5, 5.41) is 1.48. The summed E-state index contributed by atoms with van der Waals surface area (Å²) >= 11 is 6.05. The zero-order valence-corrected chi connectivity index (χ0v) is 10.3. The average molecular weight is 248 g/mol. The van der Waals surface area contributed by atoms with Crippen molar-refractivity contribution in [2.45, 2.75) is 25.3 Å². The third-order valence-electron chi connectivity index (χ3n) is 3.63. The van der Waals surface area contributed by atoms with Gasteiger partial charge in [0.2, 0.25) is 0 Å². The Morgan fingerprint density at radius 2 is 2.29 bits per heavy atom. The molecule has 2 atom stereocenters. The van der Waals surface area contributed by atoms with Crippen LogP contribution in [-0.4, -0.2) is 14.5 Å². The zero-order valence-electron chi connectivity index (χ0n) is 9.51. The van der Waals surface area contributed by atoms with Crippen LogP contribution >= 0.6 is 11.6 Å². The summed E-state index contributed by atoms with van der Waals surface area (Å²) in [6.07, 6.45) is 9.21. The third kappa shape index (κ3) is 1.75. The second kappa shape index (κ2) is 4.15. The smallest absolute Gasteiger partial charge is 0.145 e. The lowest BCUT2D eigenvalue weighted by Crippen LogP contribution is -2.04. The molecule has 3 rings (SSSR count). The van der Waals surface area contributed by atoms with Crippen molar-refractivity contribution in [3.63, 3.8) is 0 Å². The van der Waals surface area contributed by atoms with Gasteiger partial charge in [-0.1, -0.05) is 17.7 Å². The second-order valence-corrected chi connectivity index (χ2v) is 4.95. The SMILES string of the molecule is C=C[C@@H]1CCC(n2ccc3c(Cl)ncnc32)C1. The van der Waals surface area contributed by atoms with E-state index < -0.39 is 0 Å². The van der Waals surface area contributed by atoms with Gasteiger partial charge in [0.05, 0.1) is 5.39 Å². The fraction of sp³-hybridized carbons (Fsp3) is 0.385. The van der Waals surface area contributed by atoms with E-state index in [4.69, 9.17) is 11.6 Å². The van der Waals surface area contributed by atoms with E-state index in [0.29, 0.717) is 17.1 Å². The van der Waals surface area contributed by atoms with Crippen LogP contribution in [0.1, 0.15) is 25.3 Å². The molecule has 2 aromatic rings. The standard InChI is InChI=1S/C13H14ClN3/c1-2-9-3-4-10(7-9)17-6-5-11-12(14)15-8-16-13(11)17/h2,5-6,8-10H,1,3-4,7H2/t9-,10?/m1/s1. The van der Waals surface area contributed by atoms with Gasteiger partial charge in [-0.3, -0.25) is 0 Å². The zero-order chi connectivity index (χ0) is 11.8. The normalized spacial score (nSPS) is 24.3. The molecule has 3 nitrogen and oxygen atoms in total. The van der Waals surface area contributed by atoms with Gasteiger partial charge in [0.25, 0.3) is 0 Å². The molecule has 0 radical (unpaired) electrons. The lowest BCUT2D eigenvalue weighted by molar-refractivity contribution is 0.518. The molecule has 0 bridgehead atoms. The Morgan fingerprint density at radius 3 is 3.06 bits per heavy atom. The van der Waals surface area contributed by atoms with Crippen LogP contribution < -0.4 is 0 Å². The van der Waals surface area contributed by atoms with Crippen molar-refractivity contribution in [1.82, 2.24) is 14.5 Å². The van der Waals surface area contributed by atoms with Crippen LogP contribution in [0.25, 0.3) is 11.0 Å². The number of aromatic nitrogens is 3. The molecule has 2 heterocycles. The molecule has 17 heavy (non-hydrogen) atoms. The van der Waals surface area contributed by atoms with Gasteiger partial charge in [-0.15, -0.1) is 6.58 Å². The first-order valence-electron chi connectivity index (χ1n) is 5.89. The highest BCUT2D eigenvalue weighted by molar-refractivity contribution is 6.33. The van der Waals surface area contributed by atoms with Crippen molar-refractivity contribution in [2.75, 3.05) is 0 Å². The average Bonchev–Trinajstić information content (AvgIpc) is 2.94. The summed E-state index contributed by atoms with van der Waals surface area (Å²) < 4.78 is 2.23. The maximum Gasteiger partial charge on any atom is 0.145 e. The lowest BCUT2D eigenvalue weighted by Gasteiger charge is -2.13. The Morgan fingerprint density at radius 1 is 1.41 bits per heavy atom. The van der Waals surface area contributed by atoms with Crippen molar-refractivity contribution in [3.05, 3.63) is 36.4 Å². The molecule has 1 unspecified atom stereocenters. The molecule has 0 aliphatic heterocycles. The van der Waals surface area contributed by atoms with Crippen LogP contribution in [0.4, 0.5) is 0 Å². The van der Waals surface area contributed by atoms with Crippen molar-refractivity contribution in [1.29, 1.82) is 0 Å². The molecule has 88 valence electrons. The van der Waals surface area contributed by atoms with Crippen molar-refractivity contribution in [2.24, 2.45) is 5.92 Å². The van der Waals surface area contributed by atoms with Crippen molar-refractivity contribution < 1.29 is 0 Å². The van der Waals surface area contributed by atoms with E-state index in [2.05, 4.69) is 33.4 Å². The largest absolute Gasteiger partial charge is 0.329 e. The molecule has 4 heteroatoms. The molecule has 1 aliphatic carbocycles. The fourth-order valence-electron chi connectivity index (χ4n) is 2.69. The summed E-state index contributed by atoms with van der Waals surface area (Å²) in [6, 6.07) is 2.51. The molecule has 0 saturated heterocycles. The minimum atomic E-state index is 0.515. The van der Waals surface area contributed by atoms with Crippen LogP contribution in [-0.2, 0) is 0 Å². The van der Waals surface area contributed by atoms with Gasteiger partial charge in [-0.2, -0.15) is 0 Å². The molecule has 2 aromatic heterocycles.